The number of fused-ring (bicyclic) bond motifs is 1. The third-order valence-corrected chi connectivity index (χ3v) is 4.84. The van der Waals surface area contributed by atoms with Gasteiger partial charge in [0.2, 0.25) is 5.82 Å². The van der Waals surface area contributed by atoms with Crippen LogP contribution in [0.2, 0.25) is 0 Å². The van der Waals surface area contributed by atoms with Crippen molar-refractivity contribution < 1.29 is 19.2 Å². The van der Waals surface area contributed by atoms with Crippen molar-refractivity contribution in [1.82, 2.24) is 15.1 Å². The summed E-state index contributed by atoms with van der Waals surface area (Å²) in [5.74, 6) is 0.303. The molecule has 8 nitrogen and oxygen atoms in total. The number of pyridine rings is 1. The van der Waals surface area contributed by atoms with Crippen LogP contribution in [0.3, 0.4) is 0 Å². The molecule has 0 saturated heterocycles. The molecule has 0 saturated carbocycles. The predicted molar refractivity (Wildman–Crippen MR) is 124 cm³/mol. The van der Waals surface area contributed by atoms with E-state index in [4.69, 9.17) is 14.4 Å². The Morgan fingerprint density at radius 2 is 2.03 bits per heavy atom. The second-order valence-corrected chi connectivity index (χ2v) is 7.46. The number of carboxylic acid groups (broad SMARTS) is 1. The van der Waals surface area contributed by atoms with Crippen molar-refractivity contribution in [3.63, 3.8) is 0 Å². The molecule has 4 aromatic rings. The van der Waals surface area contributed by atoms with Gasteiger partial charge in [-0.05, 0) is 43.5 Å². The maximum atomic E-state index is 11.0. The smallest absolute Gasteiger partial charge is 0.303 e. The SMILES string of the molecule is CC(C)Oc1ccc(-c2nc(-c3cccc4c(CCC(=O)O)nccc34)no2)cc1C#N.Cl. The Hall–Kier alpha value is -3.96. The van der Waals surface area contributed by atoms with Crippen LogP contribution in [0.25, 0.3) is 33.6 Å². The second kappa shape index (κ2) is 10.1. The highest BCUT2D eigenvalue weighted by Crippen LogP contribution is 2.31. The van der Waals surface area contributed by atoms with Crippen molar-refractivity contribution in [1.29, 1.82) is 5.26 Å². The average molecular weight is 465 g/mol. The van der Waals surface area contributed by atoms with Gasteiger partial charge in [-0.15, -0.1) is 12.4 Å². The number of hydrogen-bond acceptors (Lipinski definition) is 7. The number of carbonyl (C=O) groups is 1. The van der Waals surface area contributed by atoms with Crippen molar-refractivity contribution >= 4 is 29.1 Å². The van der Waals surface area contributed by atoms with E-state index in [-0.39, 0.29) is 30.8 Å². The highest BCUT2D eigenvalue weighted by molar-refractivity contribution is 5.96. The monoisotopic (exact) mass is 464 g/mol. The number of benzene rings is 2. The lowest BCUT2D eigenvalue weighted by Gasteiger charge is -2.11. The molecule has 0 spiro atoms. The number of aliphatic carboxylic acids is 1. The van der Waals surface area contributed by atoms with Crippen LogP contribution in [0.15, 0.2) is 53.2 Å². The normalized spacial score (nSPS) is 10.6. The van der Waals surface area contributed by atoms with Crippen molar-refractivity contribution in [3.05, 3.63) is 59.9 Å². The van der Waals surface area contributed by atoms with Gasteiger partial charge >= 0.3 is 5.97 Å². The van der Waals surface area contributed by atoms with E-state index in [0.717, 1.165) is 16.3 Å². The quantitative estimate of drug-likeness (QED) is 0.403. The van der Waals surface area contributed by atoms with Gasteiger partial charge in [-0.2, -0.15) is 10.2 Å². The predicted octanol–water partition coefficient (Wildman–Crippen LogP) is 5.05. The van der Waals surface area contributed by atoms with Crippen LogP contribution in [0.5, 0.6) is 5.75 Å². The summed E-state index contributed by atoms with van der Waals surface area (Å²) in [6.07, 6.45) is 1.93. The number of aryl methyl sites for hydroxylation is 1. The Morgan fingerprint density at radius 3 is 2.76 bits per heavy atom. The summed E-state index contributed by atoms with van der Waals surface area (Å²) in [6, 6.07) is 14.8. The molecule has 0 aliphatic rings. The van der Waals surface area contributed by atoms with E-state index in [9.17, 15) is 10.1 Å². The third-order valence-electron chi connectivity index (χ3n) is 4.84. The first kappa shape index (κ1) is 23.7. The van der Waals surface area contributed by atoms with Crippen LogP contribution in [-0.4, -0.2) is 32.3 Å². The summed E-state index contributed by atoms with van der Waals surface area (Å²) in [4.78, 5) is 19.8. The zero-order valence-corrected chi connectivity index (χ0v) is 18.8. The highest BCUT2D eigenvalue weighted by atomic mass is 35.5. The van der Waals surface area contributed by atoms with Crippen LogP contribution < -0.4 is 4.74 Å². The van der Waals surface area contributed by atoms with Crippen LogP contribution in [0, 0.1) is 11.3 Å². The van der Waals surface area contributed by atoms with Crippen LogP contribution in [0.1, 0.15) is 31.5 Å². The van der Waals surface area contributed by atoms with E-state index < -0.39 is 5.97 Å². The lowest BCUT2D eigenvalue weighted by Crippen LogP contribution is -2.06. The minimum Gasteiger partial charge on any atom is -0.490 e. The zero-order valence-electron chi connectivity index (χ0n) is 18.0. The molecule has 2 aromatic carbocycles. The van der Waals surface area contributed by atoms with Gasteiger partial charge in [-0.25, -0.2) is 0 Å². The van der Waals surface area contributed by atoms with Gasteiger partial charge in [-0.3, -0.25) is 9.78 Å². The van der Waals surface area contributed by atoms with E-state index in [1.807, 2.05) is 38.1 Å². The molecule has 168 valence electrons. The third kappa shape index (κ3) is 5.10. The van der Waals surface area contributed by atoms with Gasteiger partial charge in [-0.1, -0.05) is 23.4 Å². The molecule has 0 fully saturated rings. The molecule has 0 unspecified atom stereocenters. The van der Waals surface area contributed by atoms with Gasteiger partial charge in [0.1, 0.15) is 11.8 Å². The topological polar surface area (TPSA) is 122 Å². The minimum absolute atomic E-state index is 0. The molecule has 0 radical (unpaired) electrons. The van der Waals surface area contributed by atoms with Crippen molar-refractivity contribution in [3.8, 4) is 34.7 Å². The largest absolute Gasteiger partial charge is 0.490 e. The Bertz CT molecular complexity index is 1340. The Balaban J connectivity index is 0.00000306. The number of ether oxygens (including phenoxy) is 1. The molecule has 0 amide bonds. The molecule has 0 aliphatic heterocycles. The molecule has 9 heteroatoms. The molecule has 33 heavy (non-hydrogen) atoms. The molecule has 2 aromatic heterocycles. The molecule has 4 rings (SSSR count). The summed E-state index contributed by atoms with van der Waals surface area (Å²) < 4.78 is 11.1. The van der Waals surface area contributed by atoms with Gasteiger partial charge in [0.25, 0.3) is 5.89 Å². The molecular formula is C24H21ClN4O4. The molecule has 0 atom stereocenters. The standard InChI is InChI=1S/C24H20N4O4.ClH/c1-14(2)31-21-8-6-15(12-16(21)13-25)24-27-23(28-32-24)19-5-3-4-18-17(19)10-11-26-20(18)7-9-22(29)30;/h3-6,8,10-12,14H,7,9H2,1-2H3,(H,29,30);1H. The van der Waals surface area contributed by atoms with Crippen molar-refractivity contribution in [2.75, 3.05) is 0 Å². The number of nitrogens with zero attached hydrogens (tertiary/aromatic N) is 4. The Kier molecular flexibility index (Phi) is 7.26. The first-order valence-electron chi connectivity index (χ1n) is 10.1. The van der Waals surface area contributed by atoms with Gasteiger partial charge < -0.3 is 14.4 Å². The van der Waals surface area contributed by atoms with Crippen LogP contribution >= 0.6 is 12.4 Å². The first-order valence-corrected chi connectivity index (χ1v) is 10.1. The van der Waals surface area contributed by atoms with E-state index >= 15 is 0 Å². The van der Waals surface area contributed by atoms with Crippen LogP contribution in [0.4, 0.5) is 0 Å². The highest BCUT2D eigenvalue weighted by Gasteiger charge is 2.16. The average Bonchev–Trinajstić information content (AvgIpc) is 3.27. The maximum absolute atomic E-state index is 11.0. The lowest BCUT2D eigenvalue weighted by atomic mass is 10.0. The number of hydrogen-bond donors (Lipinski definition) is 1. The summed E-state index contributed by atoms with van der Waals surface area (Å²) in [5, 5.41) is 24.3. The van der Waals surface area contributed by atoms with E-state index in [2.05, 4.69) is 21.2 Å². The summed E-state index contributed by atoms with van der Waals surface area (Å²) in [6.45, 7) is 3.79. The Labute approximate surface area is 196 Å². The number of halogens is 1. The van der Waals surface area contributed by atoms with E-state index in [1.165, 1.54) is 0 Å². The molecule has 1 N–H and O–H groups in total. The van der Waals surface area contributed by atoms with Crippen molar-refractivity contribution in [2.45, 2.75) is 32.8 Å². The maximum Gasteiger partial charge on any atom is 0.303 e. The van der Waals surface area contributed by atoms with E-state index in [0.29, 0.717) is 34.8 Å². The number of rotatable bonds is 7. The molecular weight excluding hydrogens is 444 g/mol. The van der Waals surface area contributed by atoms with Gasteiger partial charge in [0.05, 0.1) is 18.1 Å². The fourth-order valence-electron chi connectivity index (χ4n) is 3.44. The molecule has 0 bridgehead atoms. The summed E-state index contributed by atoms with van der Waals surface area (Å²) >= 11 is 0. The molecule has 2 heterocycles. The van der Waals surface area contributed by atoms with Crippen LogP contribution in [-0.2, 0) is 11.2 Å². The summed E-state index contributed by atoms with van der Waals surface area (Å²) in [5.41, 5.74) is 2.45. The molecule has 0 aliphatic carbocycles. The second-order valence-electron chi connectivity index (χ2n) is 7.46. The Morgan fingerprint density at radius 1 is 1.21 bits per heavy atom. The van der Waals surface area contributed by atoms with Gasteiger partial charge in [0.15, 0.2) is 0 Å². The lowest BCUT2D eigenvalue weighted by molar-refractivity contribution is -0.136. The van der Waals surface area contributed by atoms with E-state index in [1.54, 1.807) is 24.4 Å². The fourth-order valence-corrected chi connectivity index (χ4v) is 3.44. The van der Waals surface area contributed by atoms with Gasteiger partial charge in [0, 0.05) is 34.8 Å². The summed E-state index contributed by atoms with van der Waals surface area (Å²) in [7, 11) is 0. The first-order chi connectivity index (χ1) is 15.5. The minimum atomic E-state index is -0.871. The number of nitriles is 1. The zero-order chi connectivity index (χ0) is 22.7. The number of aromatic nitrogens is 3. The number of carboxylic acids is 1. The van der Waals surface area contributed by atoms with Crippen molar-refractivity contribution in [2.24, 2.45) is 0 Å². The fraction of sp³-hybridized carbons (Fsp3) is 0.208.